The van der Waals surface area contributed by atoms with Gasteiger partial charge in [0.1, 0.15) is 11.6 Å². The number of hydrogen-bond donors (Lipinski definition) is 1. The number of rotatable bonds is 7. The molecule has 0 spiro atoms. The molecule has 3 rings (SSSR count). The molecule has 0 atom stereocenters. The third-order valence-electron chi connectivity index (χ3n) is 4.82. The molecule has 0 aliphatic carbocycles. The summed E-state index contributed by atoms with van der Waals surface area (Å²) in [7, 11) is 1.56. The SMILES string of the molecule is Cc1c(F)cc(C(=O)N(C)CCCc2cc(-c3ccc(F)cc3)n[nH]2)cc1[N+](=O)[O-]. The minimum Gasteiger partial charge on any atom is -0.342 e. The number of amides is 1. The van der Waals surface area contributed by atoms with Gasteiger partial charge in [-0.05, 0) is 56.2 Å². The number of nitrogens with zero attached hydrogens (tertiary/aromatic N) is 3. The number of carbonyl (C=O) groups excluding carboxylic acids is 1. The Morgan fingerprint density at radius 2 is 1.90 bits per heavy atom. The first-order valence-electron chi connectivity index (χ1n) is 9.26. The number of aromatic nitrogens is 2. The third kappa shape index (κ3) is 4.68. The van der Waals surface area contributed by atoms with Crippen LogP contribution < -0.4 is 0 Å². The molecule has 3 aromatic rings. The number of nitro groups is 1. The van der Waals surface area contributed by atoms with Crippen LogP contribution in [0.3, 0.4) is 0 Å². The van der Waals surface area contributed by atoms with Crippen LogP contribution in [-0.4, -0.2) is 39.5 Å². The maximum Gasteiger partial charge on any atom is 0.276 e. The smallest absolute Gasteiger partial charge is 0.276 e. The van der Waals surface area contributed by atoms with Crippen LogP contribution in [0.4, 0.5) is 14.5 Å². The molecule has 0 radical (unpaired) electrons. The monoisotopic (exact) mass is 414 g/mol. The first-order chi connectivity index (χ1) is 14.3. The zero-order chi connectivity index (χ0) is 21.8. The van der Waals surface area contributed by atoms with Gasteiger partial charge in [-0.15, -0.1) is 0 Å². The van der Waals surface area contributed by atoms with Crippen molar-refractivity contribution in [3.63, 3.8) is 0 Å². The lowest BCUT2D eigenvalue weighted by molar-refractivity contribution is -0.385. The van der Waals surface area contributed by atoms with Gasteiger partial charge in [-0.1, -0.05) is 0 Å². The number of hydrogen-bond acceptors (Lipinski definition) is 4. The van der Waals surface area contributed by atoms with E-state index in [1.807, 2.05) is 6.07 Å². The summed E-state index contributed by atoms with van der Waals surface area (Å²) >= 11 is 0. The van der Waals surface area contributed by atoms with Crippen LogP contribution in [0.2, 0.25) is 0 Å². The number of nitrogens with one attached hydrogen (secondary N) is 1. The highest BCUT2D eigenvalue weighted by molar-refractivity contribution is 5.94. The van der Waals surface area contributed by atoms with Crippen molar-refractivity contribution in [3.8, 4) is 11.3 Å². The molecule has 0 aliphatic heterocycles. The summed E-state index contributed by atoms with van der Waals surface area (Å²) in [5.74, 6) is -1.60. The fourth-order valence-electron chi connectivity index (χ4n) is 3.06. The molecule has 2 aromatic carbocycles. The molecular formula is C21H20F2N4O3. The number of benzene rings is 2. The average molecular weight is 414 g/mol. The lowest BCUT2D eigenvalue weighted by Crippen LogP contribution is -2.28. The van der Waals surface area contributed by atoms with Crippen molar-refractivity contribution in [1.29, 1.82) is 0 Å². The molecular weight excluding hydrogens is 394 g/mol. The first kappa shape index (κ1) is 21.1. The van der Waals surface area contributed by atoms with Crippen molar-refractivity contribution in [3.05, 3.63) is 81.0 Å². The van der Waals surface area contributed by atoms with E-state index in [0.29, 0.717) is 25.1 Å². The van der Waals surface area contributed by atoms with E-state index >= 15 is 0 Å². The van der Waals surface area contributed by atoms with Crippen LogP contribution in [0, 0.1) is 28.7 Å². The van der Waals surface area contributed by atoms with E-state index in [2.05, 4.69) is 10.2 Å². The lowest BCUT2D eigenvalue weighted by Gasteiger charge is -2.17. The van der Waals surface area contributed by atoms with E-state index in [1.165, 1.54) is 24.0 Å². The summed E-state index contributed by atoms with van der Waals surface area (Å²) < 4.78 is 27.0. The molecule has 7 nitrogen and oxygen atoms in total. The largest absolute Gasteiger partial charge is 0.342 e. The van der Waals surface area contributed by atoms with E-state index < -0.39 is 22.3 Å². The van der Waals surface area contributed by atoms with Gasteiger partial charge < -0.3 is 4.90 Å². The molecule has 1 aromatic heterocycles. The Morgan fingerprint density at radius 1 is 1.20 bits per heavy atom. The van der Waals surface area contributed by atoms with E-state index in [1.54, 1.807) is 19.2 Å². The summed E-state index contributed by atoms with van der Waals surface area (Å²) in [6.07, 6.45) is 1.21. The quantitative estimate of drug-likeness (QED) is 0.461. The molecule has 0 unspecified atom stereocenters. The number of H-pyrrole nitrogens is 1. The highest BCUT2D eigenvalue weighted by Gasteiger charge is 2.21. The van der Waals surface area contributed by atoms with E-state index in [0.717, 1.165) is 23.4 Å². The van der Waals surface area contributed by atoms with Gasteiger partial charge in [0.15, 0.2) is 0 Å². The zero-order valence-corrected chi connectivity index (χ0v) is 16.5. The molecule has 1 heterocycles. The minimum atomic E-state index is -0.785. The predicted octanol–water partition coefficient (Wildman–Crippen LogP) is 4.28. The van der Waals surface area contributed by atoms with Crippen LogP contribution in [0.25, 0.3) is 11.3 Å². The first-order valence-corrected chi connectivity index (χ1v) is 9.26. The van der Waals surface area contributed by atoms with Crippen molar-refractivity contribution < 1.29 is 18.5 Å². The Bertz CT molecular complexity index is 1080. The van der Waals surface area contributed by atoms with Crippen LogP contribution in [0.15, 0.2) is 42.5 Å². The third-order valence-corrected chi connectivity index (χ3v) is 4.82. The van der Waals surface area contributed by atoms with Crippen molar-refractivity contribution in [2.24, 2.45) is 0 Å². The van der Waals surface area contributed by atoms with Crippen molar-refractivity contribution in [2.45, 2.75) is 19.8 Å². The number of aryl methyl sites for hydroxylation is 1. The van der Waals surface area contributed by atoms with Crippen LogP contribution in [0.1, 0.15) is 28.0 Å². The van der Waals surface area contributed by atoms with Crippen LogP contribution >= 0.6 is 0 Å². The fraction of sp³-hybridized carbons (Fsp3) is 0.238. The Labute approximate surface area is 171 Å². The molecule has 0 bridgehead atoms. The van der Waals surface area contributed by atoms with Crippen molar-refractivity contribution in [1.82, 2.24) is 15.1 Å². The Morgan fingerprint density at radius 3 is 2.57 bits per heavy atom. The van der Waals surface area contributed by atoms with Gasteiger partial charge in [0.05, 0.1) is 16.2 Å². The van der Waals surface area contributed by atoms with Gasteiger partial charge in [0, 0.05) is 36.5 Å². The highest BCUT2D eigenvalue weighted by atomic mass is 19.1. The zero-order valence-electron chi connectivity index (χ0n) is 16.5. The summed E-state index contributed by atoms with van der Waals surface area (Å²) in [6, 6.07) is 9.98. The van der Waals surface area contributed by atoms with Crippen LogP contribution in [-0.2, 0) is 6.42 Å². The van der Waals surface area contributed by atoms with Crippen molar-refractivity contribution >= 4 is 11.6 Å². The molecule has 9 heteroatoms. The molecule has 0 aliphatic rings. The minimum absolute atomic E-state index is 0.0626. The van der Waals surface area contributed by atoms with Crippen LogP contribution in [0.5, 0.6) is 0 Å². The van der Waals surface area contributed by atoms with E-state index in [9.17, 15) is 23.7 Å². The number of nitro benzene ring substituents is 1. The highest BCUT2D eigenvalue weighted by Crippen LogP contribution is 2.24. The second kappa shape index (κ2) is 8.81. The normalized spacial score (nSPS) is 10.8. The van der Waals surface area contributed by atoms with Gasteiger partial charge in [0.25, 0.3) is 11.6 Å². The summed E-state index contributed by atoms with van der Waals surface area (Å²) in [4.78, 5) is 24.3. The lowest BCUT2D eigenvalue weighted by atomic mass is 10.1. The predicted molar refractivity (Wildman–Crippen MR) is 107 cm³/mol. The second-order valence-electron chi connectivity index (χ2n) is 6.97. The number of halogens is 2. The van der Waals surface area contributed by atoms with Gasteiger partial charge in [-0.2, -0.15) is 5.10 Å². The maximum atomic E-state index is 14.0. The van der Waals surface area contributed by atoms with Gasteiger partial charge in [0.2, 0.25) is 0 Å². The van der Waals surface area contributed by atoms with E-state index in [4.69, 9.17) is 0 Å². The average Bonchev–Trinajstić information content (AvgIpc) is 3.18. The maximum absolute atomic E-state index is 14.0. The fourth-order valence-corrected chi connectivity index (χ4v) is 3.06. The summed E-state index contributed by atoms with van der Waals surface area (Å²) in [5.41, 5.74) is 1.75. The molecule has 1 N–H and O–H groups in total. The van der Waals surface area contributed by atoms with Gasteiger partial charge >= 0.3 is 0 Å². The second-order valence-corrected chi connectivity index (χ2v) is 6.97. The Kier molecular flexibility index (Phi) is 6.20. The molecule has 0 saturated heterocycles. The molecule has 156 valence electrons. The van der Waals surface area contributed by atoms with Crippen molar-refractivity contribution in [2.75, 3.05) is 13.6 Å². The number of carbonyl (C=O) groups is 1. The Hall–Kier alpha value is -3.62. The van der Waals surface area contributed by atoms with Gasteiger partial charge in [-0.3, -0.25) is 20.0 Å². The molecule has 1 amide bonds. The van der Waals surface area contributed by atoms with Gasteiger partial charge in [-0.25, -0.2) is 8.78 Å². The standard InChI is InChI=1S/C21H20F2N4O3/c1-13-18(23)10-15(11-20(13)27(29)30)21(28)26(2)9-3-4-17-12-19(25-24-17)14-5-7-16(22)8-6-14/h5-8,10-12H,3-4,9H2,1-2H3,(H,24,25). The molecule has 0 fully saturated rings. The topological polar surface area (TPSA) is 92.1 Å². The Balaban J connectivity index is 1.60. The molecule has 30 heavy (non-hydrogen) atoms. The number of aromatic amines is 1. The summed E-state index contributed by atoms with van der Waals surface area (Å²) in [6.45, 7) is 1.67. The summed E-state index contributed by atoms with van der Waals surface area (Å²) in [5, 5.41) is 18.2. The van der Waals surface area contributed by atoms with E-state index in [-0.39, 0.29) is 16.9 Å². The molecule has 0 saturated carbocycles.